The molecule has 0 saturated heterocycles. The van der Waals surface area contributed by atoms with Crippen molar-refractivity contribution in [2.75, 3.05) is 24.9 Å². The zero-order valence-electron chi connectivity index (χ0n) is 20.1. The predicted molar refractivity (Wildman–Crippen MR) is 134 cm³/mol. The van der Waals surface area contributed by atoms with Crippen molar-refractivity contribution in [3.63, 3.8) is 0 Å². The van der Waals surface area contributed by atoms with Crippen LogP contribution in [0.1, 0.15) is 63.0 Å². The maximum atomic E-state index is 6.10. The van der Waals surface area contributed by atoms with Crippen molar-refractivity contribution in [1.29, 1.82) is 0 Å². The van der Waals surface area contributed by atoms with Crippen LogP contribution in [0.4, 0.5) is 11.8 Å². The predicted octanol–water partition coefficient (Wildman–Crippen LogP) is 4.25. The third-order valence-corrected chi connectivity index (χ3v) is 7.12. The maximum absolute atomic E-state index is 6.10. The summed E-state index contributed by atoms with van der Waals surface area (Å²) in [5.74, 6) is 2.90. The lowest BCUT2D eigenvalue weighted by Gasteiger charge is -2.27. The summed E-state index contributed by atoms with van der Waals surface area (Å²) in [5, 5.41) is 7.07. The second-order valence-corrected chi connectivity index (χ2v) is 9.49. The highest BCUT2D eigenvalue weighted by Gasteiger charge is 2.24. The fourth-order valence-electron chi connectivity index (χ4n) is 5.15. The van der Waals surface area contributed by atoms with Gasteiger partial charge in [-0.2, -0.15) is 9.97 Å². The van der Waals surface area contributed by atoms with Gasteiger partial charge < -0.3 is 30.4 Å². The van der Waals surface area contributed by atoms with E-state index in [2.05, 4.69) is 15.2 Å². The Hall–Kier alpha value is -3.07. The Kier molecular flexibility index (Phi) is 6.71. The molecule has 3 aromatic rings. The van der Waals surface area contributed by atoms with Gasteiger partial charge in [0, 0.05) is 30.7 Å². The van der Waals surface area contributed by atoms with Crippen LogP contribution < -0.4 is 25.8 Å². The van der Waals surface area contributed by atoms with Gasteiger partial charge in [-0.1, -0.05) is 12.8 Å². The van der Waals surface area contributed by atoms with E-state index in [-0.39, 0.29) is 0 Å². The van der Waals surface area contributed by atoms with Gasteiger partial charge in [-0.3, -0.25) is 0 Å². The van der Waals surface area contributed by atoms with Crippen LogP contribution >= 0.6 is 0 Å². The van der Waals surface area contributed by atoms with Gasteiger partial charge in [0.05, 0.1) is 20.5 Å². The third-order valence-electron chi connectivity index (χ3n) is 7.12. The fraction of sp³-hybridized carbons (Fsp3) is 0.560. The van der Waals surface area contributed by atoms with Crippen molar-refractivity contribution in [2.45, 2.75) is 76.0 Å². The first-order valence-corrected chi connectivity index (χ1v) is 12.4. The molecule has 9 heteroatoms. The molecule has 9 nitrogen and oxygen atoms in total. The summed E-state index contributed by atoms with van der Waals surface area (Å²) in [6.07, 6.45) is 10.9. The molecule has 2 aromatic heterocycles. The molecule has 4 N–H and O–H groups in total. The first-order valence-electron chi connectivity index (χ1n) is 12.4. The van der Waals surface area contributed by atoms with Crippen molar-refractivity contribution in [3.05, 3.63) is 30.1 Å². The number of nitrogens with one attached hydrogen (secondary N) is 2. The van der Waals surface area contributed by atoms with E-state index < -0.39 is 0 Å². The van der Waals surface area contributed by atoms with Gasteiger partial charge in [-0.05, 0) is 56.2 Å². The van der Waals surface area contributed by atoms with E-state index in [4.69, 9.17) is 30.2 Å². The third kappa shape index (κ3) is 4.89. The average Bonchev–Trinajstić information content (AvgIpc) is 3.53. The number of methoxy groups -OCH3 is 2. The molecule has 0 spiro atoms. The first kappa shape index (κ1) is 22.7. The highest BCUT2D eigenvalue weighted by molar-refractivity contribution is 5.84. The Morgan fingerprint density at radius 3 is 2.35 bits per heavy atom. The lowest BCUT2D eigenvalue weighted by molar-refractivity contribution is 0.393. The van der Waals surface area contributed by atoms with Crippen LogP contribution in [0.3, 0.4) is 0 Å². The normalized spacial score (nSPS) is 21.0. The molecule has 0 bridgehead atoms. The van der Waals surface area contributed by atoms with Crippen LogP contribution in [0, 0.1) is 0 Å². The molecule has 0 amide bonds. The zero-order valence-corrected chi connectivity index (χ0v) is 20.1. The summed E-state index contributed by atoms with van der Waals surface area (Å²) in [6, 6.07) is 6.97. The molecule has 2 aliphatic carbocycles. The molecule has 2 aliphatic rings. The van der Waals surface area contributed by atoms with Gasteiger partial charge in [0.25, 0.3) is 0 Å². The van der Waals surface area contributed by atoms with Crippen LogP contribution in [-0.2, 0) is 6.54 Å². The molecule has 1 aromatic carbocycles. The number of rotatable bonds is 8. The summed E-state index contributed by atoms with van der Waals surface area (Å²) in [5.41, 5.74) is 8.83. The van der Waals surface area contributed by atoms with Crippen LogP contribution in [0.25, 0.3) is 11.2 Å². The molecular weight excluding hydrogens is 430 g/mol. The average molecular weight is 466 g/mol. The van der Waals surface area contributed by atoms with Crippen molar-refractivity contribution in [3.8, 4) is 11.5 Å². The van der Waals surface area contributed by atoms with E-state index in [0.717, 1.165) is 59.7 Å². The largest absolute Gasteiger partial charge is 0.497 e. The number of fused-ring (bicyclic) bond motifs is 1. The molecule has 182 valence electrons. The minimum atomic E-state index is 0.308. The molecule has 2 heterocycles. The number of aromatic nitrogens is 4. The molecule has 5 rings (SSSR count). The number of hydrogen-bond acceptors (Lipinski definition) is 8. The second-order valence-electron chi connectivity index (χ2n) is 9.49. The van der Waals surface area contributed by atoms with Gasteiger partial charge in [0.15, 0.2) is 17.0 Å². The molecule has 2 saturated carbocycles. The number of hydrogen-bond donors (Lipinski definition) is 3. The zero-order chi connectivity index (χ0) is 23.5. The van der Waals surface area contributed by atoms with E-state index in [1.54, 1.807) is 14.2 Å². The maximum Gasteiger partial charge on any atom is 0.227 e. The van der Waals surface area contributed by atoms with Gasteiger partial charge in [0.2, 0.25) is 5.95 Å². The SMILES string of the molecule is COc1cc(CNc2nc(NC3CCC(N)CC3)nc3c2ncn3C2CCCC2)cc(OC)c1. The number of nitrogens with zero attached hydrogens (tertiary/aromatic N) is 4. The highest BCUT2D eigenvalue weighted by Crippen LogP contribution is 2.33. The monoisotopic (exact) mass is 465 g/mol. The summed E-state index contributed by atoms with van der Waals surface area (Å²) in [7, 11) is 3.32. The van der Waals surface area contributed by atoms with E-state index >= 15 is 0 Å². The van der Waals surface area contributed by atoms with Crippen molar-refractivity contribution >= 4 is 22.9 Å². The quantitative estimate of drug-likeness (QED) is 0.453. The van der Waals surface area contributed by atoms with Crippen molar-refractivity contribution in [1.82, 2.24) is 19.5 Å². The van der Waals surface area contributed by atoms with Crippen LogP contribution in [0.5, 0.6) is 11.5 Å². The molecule has 0 radical (unpaired) electrons. The van der Waals surface area contributed by atoms with E-state index in [1.807, 2.05) is 24.5 Å². The smallest absolute Gasteiger partial charge is 0.227 e. The number of ether oxygens (including phenoxy) is 2. The lowest BCUT2D eigenvalue weighted by atomic mass is 9.92. The minimum Gasteiger partial charge on any atom is -0.497 e. The minimum absolute atomic E-state index is 0.308. The molecular formula is C25H35N7O2. The Bertz CT molecular complexity index is 1100. The Balaban J connectivity index is 1.44. The van der Waals surface area contributed by atoms with Gasteiger partial charge in [-0.15, -0.1) is 0 Å². The lowest BCUT2D eigenvalue weighted by Crippen LogP contribution is -2.33. The molecule has 0 unspecified atom stereocenters. The standard InChI is InChI=1S/C25H35N7O2/c1-33-20-11-16(12-21(13-20)34-2)14-27-23-22-24(32(15-28-22)19-5-3-4-6-19)31-25(30-23)29-18-9-7-17(26)8-10-18/h11-13,15,17-19H,3-10,14,26H2,1-2H3,(H2,27,29,30,31). The number of imidazole rings is 1. The van der Waals surface area contributed by atoms with Crippen LogP contribution in [0.2, 0.25) is 0 Å². The van der Waals surface area contributed by atoms with Crippen molar-refractivity contribution < 1.29 is 9.47 Å². The van der Waals surface area contributed by atoms with Gasteiger partial charge >= 0.3 is 0 Å². The molecule has 0 atom stereocenters. The molecule has 2 fully saturated rings. The van der Waals surface area contributed by atoms with E-state index in [0.29, 0.717) is 30.6 Å². The fourth-order valence-corrected chi connectivity index (χ4v) is 5.15. The van der Waals surface area contributed by atoms with E-state index in [1.165, 1.54) is 25.7 Å². The number of benzene rings is 1. The molecule has 0 aliphatic heterocycles. The highest BCUT2D eigenvalue weighted by atomic mass is 16.5. The summed E-state index contributed by atoms with van der Waals surface area (Å²) in [4.78, 5) is 14.5. The van der Waals surface area contributed by atoms with Crippen LogP contribution in [-0.4, -0.2) is 45.8 Å². The summed E-state index contributed by atoms with van der Waals surface area (Å²) < 4.78 is 13.1. The molecule has 34 heavy (non-hydrogen) atoms. The summed E-state index contributed by atoms with van der Waals surface area (Å²) in [6.45, 7) is 0.563. The van der Waals surface area contributed by atoms with Gasteiger partial charge in [0.1, 0.15) is 11.5 Å². The first-order chi connectivity index (χ1) is 16.6. The number of nitrogens with two attached hydrogens (primary N) is 1. The van der Waals surface area contributed by atoms with Gasteiger partial charge in [-0.25, -0.2) is 4.98 Å². The topological polar surface area (TPSA) is 112 Å². The van der Waals surface area contributed by atoms with Crippen LogP contribution in [0.15, 0.2) is 24.5 Å². The van der Waals surface area contributed by atoms with E-state index in [9.17, 15) is 0 Å². The second kappa shape index (κ2) is 10.0. The Labute approximate surface area is 200 Å². The number of anilines is 2. The Morgan fingerprint density at radius 1 is 0.971 bits per heavy atom. The Morgan fingerprint density at radius 2 is 1.68 bits per heavy atom. The van der Waals surface area contributed by atoms with Crippen molar-refractivity contribution in [2.24, 2.45) is 5.73 Å². The summed E-state index contributed by atoms with van der Waals surface area (Å²) >= 11 is 0.